The van der Waals surface area contributed by atoms with E-state index in [0.717, 1.165) is 12.0 Å². The maximum atomic E-state index is 14.3. The van der Waals surface area contributed by atoms with Crippen molar-refractivity contribution < 1.29 is 24.1 Å². The quantitative estimate of drug-likeness (QED) is 0.709. The number of aliphatic hydroxyl groups is 1. The number of carboxylic acids is 1. The highest BCUT2D eigenvalue weighted by Crippen LogP contribution is 2.37. The van der Waals surface area contributed by atoms with Crippen molar-refractivity contribution in [3.8, 4) is 5.75 Å². The van der Waals surface area contributed by atoms with Gasteiger partial charge in [-0.1, -0.05) is 36.4 Å². The number of aliphatic hydroxyl groups excluding tert-OH is 1. The topological polar surface area (TPSA) is 70.0 Å². The molecule has 1 heterocycles. The minimum absolute atomic E-state index is 0.198. The third-order valence-corrected chi connectivity index (χ3v) is 5.87. The van der Waals surface area contributed by atoms with Crippen LogP contribution in [0.1, 0.15) is 30.4 Å². The van der Waals surface area contributed by atoms with Gasteiger partial charge in [0.2, 0.25) is 0 Å². The van der Waals surface area contributed by atoms with Crippen molar-refractivity contribution in [1.82, 2.24) is 4.90 Å². The van der Waals surface area contributed by atoms with E-state index in [-0.39, 0.29) is 12.4 Å². The van der Waals surface area contributed by atoms with E-state index >= 15 is 0 Å². The largest absolute Gasteiger partial charge is 0.497 e. The standard InChI is InChI=1S/C23H28FNO4/c1-29-19-10-9-18(20(24)14-19)15-25-13-11-21(26)23(16-25,22(27)28)12-5-8-17-6-3-2-4-7-17/h2-4,6-7,9-10,14,21,26H,5,8,11-13,15-16H2,1H3,(H,27,28)/t21-,23+/m0/s1. The normalized spacial score (nSPS) is 22.4. The molecule has 2 aromatic carbocycles. The predicted octanol–water partition coefficient (Wildman–Crippen LogP) is 3.49. The molecule has 1 aliphatic heterocycles. The molecule has 0 spiro atoms. The van der Waals surface area contributed by atoms with E-state index in [2.05, 4.69) is 0 Å². The third kappa shape index (κ3) is 4.95. The number of aryl methyl sites for hydroxylation is 1. The fraction of sp³-hybridized carbons (Fsp3) is 0.435. The number of hydrogen-bond donors (Lipinski definition) is 2. The molecule has 0 bridgehead atoms. The molecule has 0 aromatic heterocycles. The summed E-state index contributed by atoms with van der Waals surface area (Å²) >= 11 is 0. The lowest BCUT2D eigenvalue weighted by atomic mass is 9.73. The Morgan fingerprint density at radius 2 is 2.03 bits per heavy atom. The van der Waals surface area contributed by atoms with Gasteiger partial charge in [-0.15, -0.1) is 0 Å². The fourth-order valence-corrected chi connectivity index (χ4v) is 4.14. The summed E-state index contributed by atoms with van der Waals surface area (Å²) in [6.07, 6.45) is 1.25. The molecule has 1 saturated heterocycles. The number of likely N-dealkylation sites (tertiary alicyclic amines) is 1. The highest BCUT2D eigenvalue weighted by atomic mass is 19.1. The van der Waals surface area contributed by atoms with Crippen molar-refractivity contribution in [2.24, 2.45) is 5.41 Å². The first-order valence-corrected chi connectivity index (χ1v) is 9.95. The number of methoxy groups -OCH3 is 1. The SMILES string of the molecule is COc1ccc(CN2CC[C@H](O)[C@](CCCc3ccccc3)(C(=O)O)C2)c(F)c1. The second-order valence-electron chi connectivity index (χ2n) is 7.77. The monoisotopic (exact) mass is 401 g/mol. The van der Waals surface area contributed by atoms with Crippen molar-refractivity contribution in [2.75, 3.05) is 20.2 Å². The molecule has 0 amide bonds. The van der Waals surface area contributed by atoms with Gasteiger partial charge in [0.25, 0.3) is 0 Å². The number of benzene rings is 2. The molecule has 0 unspecified atom stereocenters. The van der Waals surface area contributed by atoms with Crippen LogP contribution in [0.4, 0.5) is 4.39 Å². The molecule has 0 aliphatic carbocycles. The smallest absolute Gasteiger partial charge is 0.313 e. The van der Waals surface area contributed by atoms with Gasteiger partial charge in [-0.3, -0.25) is 9.69 Å². The van der Waals surface area contributed by atoms with Gasteiger partial charge in [0, 0.05) is 31.3 Å². The first-order valence-electron chi connectivity index (χ1n) is 9.95. The molecule has 2 atom stereocenters. The first kappa shape index (κ1) is 21.3. The number of carbonyl (C=O) groups is 1. The van der Waals surface area contributed by atoms with E-state index in [1.165, 1.54) is 13.2 Å². The summed E-state index contributed by atoms with van der Waals surface area (Å²) in [5.74, 6) is -0.917. The lowest BCUT2D eigenvalue weighted by Crippen LogP contribution is -2.55. The van der Waals surface area contributed by atoms with Crippen LogP contribution < -0.4 is 4.74 Å². The van der Waals surface area contributed by atoms with Crippen molar-refractivity contribution in [2.45, 2.75) is 38.3 Å². The summed E-state index contributed by atoms with van der Waals surface area (Å²) in [6, 6.07) is 14.6. The Kier molecular flexibility index (Phi) is 6.87. The van der Waals surface area contributed by atoms with Gasteiger partial charge < -0.3 is 14.9 Å². The summed E-state index contributed by atoms with van der Waals surface area (Å²) in [7, 11) is 1.48. The van der Waals surface area contributed by atoms with Crippen LogP contribution in [0.25, 0.3) is 0 Å². The summed E-state index contributed by atoms with van der Waals surface area (Å²) in [5.41, 5.74) is 0.400. The summed E-state index contributed by atoms with van der Waals surface area (Å²) in [5, 5.41) is 20.6. The lowest BCUT2D eigenvalue weighted by Gasteiger charge is -2.43. The molecule has 0 saturated carbocycles. The zero-order valence-electron chi connectivity index (χ0n) is 16.7. The van der Waals surface area contributed by atoms with Crippen molar-refractivity contribution in [3.63, 3.8) is 0 Å². The molecule has 5 nitrogen and oxygen atoms in total. The summed E-state index contributed by atoms with van der Waals surface area (Å²) < 4.78 is 19.4. The number of halogens is 1. The average Bonchev–Trinajstić information content (AvgIpc) is 2.72. The van der Waals surface area contributed by atoms with Crippen molar-refractivity contribution >= 4 is 5.97 Å². The highest BCUT2D eigenvalue weighted by molar-refractivity contribution is 5.76. The zero-order chi connectivity index (χ0) is 20.9. The van der Waals surface area contributed by atoms with Gasteiger partial charge in [-0.25, -0.2) is 4.39 Å². The number of carboxylic acid groups (broad SMARTS) is 1. The van der Waals surface area contributed by atoms with E-state index in [0.29, 0.717) is 43.7 Å². The third-order valence-electron chi connectivity index (χ3n) is 5.87. The molecular formula is C23H28FNO4. The lowest BCUT2D eigenvalue weighted by molar-refractivity contribution is -0.164. The maximum Gasteiger partial charge on any atom is 0.313 e. The fourth-order valence-electron chi connectivity index (χ4n) is 4.14. The van der Waals surface area contributed by atoms with Crippen LogP contribution >= 0.6 is 0 Å². The molecule has 29 heavy (non-hydrogen) atoms. The van der Waals surface area contributed by atoms with E-state index in [9.17, 15) is 19.4 Å². The van der Waals surface area contributed by atoms with Crippen LogP contribution in [0, 0.1) is 11.2 Å². The van der Waals surface area contributed by atoms with E-state index in [1.807, 2.05) is 35.2 Å². The van der Waals surface area contributed by atoms with Crippen molar-refractivity contribution in [1.29, 1.82) is 0 Å². The minimum Gasteiger partial charge on any atom is -0.497 e. The average molecular weight is 401 g/mol. The number of aliphatic carboxylic acids is 1. The number of hydrogen-bond acceptors (Lipinski definition) is 4. The van der Waals surface area contributed by atoms with Crippen LogP contribution in [0.15, 0.2) is 48.5 Å². The van der Waals surface area contributed by atoms with Crippen LogP contribution in [-0.2, 0) is 17.8 Å². The highest BCUT2D eigenvalue weighted by Gasteiger charge is 2.48. The van der Waals surface area contributed by atoms with E-state index < -0.39 is 17.5 Å². The maximum absolute atomic E-state index is 14.3. The Labute approximate surface area is 170 Å². The Hall–Kier alpha value is -2.44. The minimum atomic E-state index is -1.24. The molecule has 2 N–H and O–H groups in total. The molecule has 0 radical (unpaired) electrons. The molecule has 2 aromatic rings. The van der Waals surface area contributed by atoms with Gasteiger partial charge in [0.15, 0.2) is 0 Å². The van der Waals surface area contributed by atoms with Gasteiger partial charge in [-0.2, -0.15) is 0 Å². The predicted molar refractivity (Wildman–Crippen MR) is 108 cm³/mol. The second kappa shape index (κ2) is 9.37. The van der Waals surface area contributed by atoms with Gasteiger partial charge in [-0.05, 0) is 37.3 Å². The molecular weight excluding hydrogens is 373 g/mol. The Morgan fingerprint density at radius 3 is 2.69 bits per heavy atom. The Morgan fingerprint density at radius 1 is 1.28 bits per heavy atom. The van der Waals surface area contributed by atoms with Crippen LogP contribution in [0.5, 0.6) is 5.75 Å². The van der Waals surface area contributed by atoms with Gasteiger partial charge in [0.05, 0.1) is 13.2 Å². The summed E-state index contributed by atoms with van der Waals surface area (Å²) in [6.45, 7) is 1.03. The molecule has 1 fully saturated rings. The van der Waals surface area contributed by atoms with Crippen molar-refractivity contribution in [3.05, 3.63) is 65.5 Å². The van der Waals surface area contributed by atoms with Gasteiger partial charge in [0.1, 0.15) is 17.0 Å². The molecule has 3 rings (SSSR count). The summed E-state index contributed by atoms with van der Waals surface area (Å²) in [4.78, 5) is 14.1. The van der Waals surface area contributed by atoms with Crippen LogP contribution in [0.2, 0.25) is 0 Å². The van der Waals surface area contributed by atoms with E-state index in [4.69, 9.17) is 4.74 Å². The molecule has 1 aliphatic rings. The number of ether oxygens (including phenoxy) is 1. The zero-order valence-corrected chi connectivity index (χ0v) is 16.7. The first-order chi connectivity index (χ1) is 13.9. The second-order valence-corrected chi connectivity index (χ2v) is 7.77. The molecule has 6 heteroatoms. The molecule has 156 valence electrons. The number of rotatable bonds is 8. The Bertz CT molecular complexity index is 829. The van der Waals surface area contributed by atoms with E-state index in [1.54, 1.807) is 12.1 Å². The Balaban J connectivity index is 1.70. The van der Waals surface area contributed by atoms with Gasteiger partial charge >= 0.3 is 5.97 Å². The van der Waals surface area contributed by atoms with Crippen LogP contribution in [0.3, 0.4) is 0 Å². The number of nitrogens with zero attached hydrogens (tertiary/aromatic N) is 1. The van der Waals surface area contributed by atoms with Crippen LogP contribution in [-0.4, -0.2) is 47.4 Å². The number of piperidine rings is 1.